The number of fused-ring (bicyclic) bond motifs is 2. The van der Waals surface area contributed by atoms with Crippen molar-refractivity contribution in [1.29, 1.82) is 0 Å². The number of hydrogen-bond acceptors (Lipinski definition) is 3. The SMILES string of the molecule is Cc1ccc(C2(C)CC(C)(C)N(C(=O)CN3C(=O)c4ccccc4C3=O)c3ccc(C)cc32)cc1. The summed E-state index contributed by atoms with van der Waals surface area (Å²) in [6.45, 7) is 10.2. The quantitative estimate of drug-likeness (QED) is 0.484. The van der Waals surface area contributed by atoms with Gasteiger partial charge >= 0.3 is 0 Å². The van der Waals surface area contributed by atoms with Gasteiger partial charge in [0.1, 0.15) is 6.54 Å². The summed E-state index contributed by atoms with van der Waals surface area (Å²) >= 11 is 0. The third-order valence-corrected chi connectivity index (χ3v) is 7.49. The lowest BCUT2D eigenvalue weighted by atomic mass is 9.65. The minimum Gasteiger partial charge on any atom is -0.305 e. The van der Waals surface area contributed by atoms with E-state index in [4.69, 9.17) is 0 Å². The molecule has 0 fully saturated rings. The largest absolute Gasteiger partial charge is 0.305 e. The fraction of sp³-hybridized carbons (Fsp3) is 0.300. The van der Waals surface area contributed by atoms with Crippen LogP contribution in [0.25, 0.3) is 0 Å². The zero-order chi connectivity index (χ0) is 25.1. The molecule has 1 unspecified atom stereocenters. The van der Waals surface area contributed by atoms with Gasteiger partial charge in [-0.3, -0.25) is 19.3 Å². The predicted octanol–water partition coefficient (Wildman–Crippen LogP) is 5.42. The monoisotopic (exact) mass is 466 g/mol. The number of rotatable bonds is 3. The van der Waals surface area contributed by atoms with Gasteiger partial charge in [0.15, 0.2) is 0 Å². The Balaban J connectivity index is 1.56. The zero-order valence-corrected chi connectivity index (χ0v) is 20.9. The number of hydrogen-bond donors (Lipinski definition) is 0. The summed E-state index contributed by atoms with van der Waals surface area (Å²) in [5, 5.41) is 0. The maximum Gasteiger partial charge on any atom is 0.262 e. The Morgan fingerprint density at radius 3 is 2.00 bits per heavy atom. The van der Waals surface area contributed by atoms with Gasteiger partial charge in [0.25, 0.3) is 11.8 Å². The van der Waals surface area contributed by atoms with E-state index in [1.54, 1.807) is 29.2 Å². The summed E-state index contributed by atoms with van der Waals surface area (Å²) in [5.41, 5.74) is 5.30. The molecule has 3 aromatic rings. The van der Waals surface area contributed by atoms with Crippen LogP contribution in [-0.4, -0.2) is 34.7 Å². The van der Waals surface area contributed by atoms with E-state index in [1.807, 2.05) is 12.1 Å². The van der Waals surface area contributed by atoms with Gasteiger partial charge < -0.3 is 4.90 Å². The van der Waals surface area contributed by atoms with Crippen LogP contribution in [0.5, 0.6) is 0 Å². The number of amides is 3. The normalized spacial score (nSPS) is 20.6. The van der Waals surface area contributed by atoms with E-state index >= 15 is 0 Å². The Morgan fingerprint density at radius 2 is 1.40 bits per heavy atom. The first kappa shape index (κ1) is 23.0. The fourth-order valence-corrected chi connectivity index (χ4v) is 5.89. The van der Waals surface area contributed by atoms with E-state index in [2.05, 4.69) is 65.0 Å². The van der Waals surface area contributed by atoms with E-state index in [0.717, 1.165) is 21.7 Å². The Morgan fingerprint density at radius 1 is 0.829 bits per heavy atom. The maximum absolute atomic E-state index is 13.8. The lowest BCUT2D eigenvalue weighted by Crippen LogP contribution is -2.58. The van der Waals surface area contributed by atoms with Crippen molar-refractivity contribution in [3.63, 3.8) is 0 Å². The van der Waals surface area contributed by atoms with Crippen LogP contribution >= 0.6 is 0 Å². The van der Waals surface area contributed by atoms with Gasteiger partial charge in [-0.2, -0.15) is 0 Å². The molecule has 5 nitrogen and oxygen atoms in total. The van der Waals surface area contributed by atoms with Gasteiger partial charge in [-0.1, -0.05) is 66.6 Å². The van der Waals surface area contributed by atoms with Crippen LogP contribution in [0.1, 0.15) is 70.2 Å². The first-order valence-electron chi connectivity index (χ1n) is 12.0. The van der Waals surface area contributed by atoms with Gasteiger partial charge in [0.2, 0.25) is 5.91 Å². The van der Waals surface area contributed by atoms with E-state index in [0.29, 0.717) is 17.5 Å². The number of carbonyl (C=O) groups excluding carboxylic acids is 3. The van der Waals surface area contributed by atoms with Crippen LogP contribution in [0.15, 0.2) is 66.7 Å². The number of nitrogens with zero attached hydrogens (tertiary/aromatic N) is 2. The molecule has 3 amide bonds. The lowest BCUT2D eigenvalue weighted by Gasteiger charge is -2.51. The average Bonchev–Trinajstić information content (AvgIpc) is 3.04. The molecule has 2 aliphatic heterocycles. The van der Waals surface area contributed by atoms with Crippen LogP contribution < -0.4 is 4.90 Å². The Bertz CT molecular complexity index is 1340. The second-order valence-electron chi connectivity index (χ2n) is 10.7. The van der Waals surface area contributed by atoms with Crippen molar-refractivity contribution in [1.82, 2.24) is 4.90 Å². The molecule has 5 heteroatoms. The highest BCUT2D eigenvalue weighted by molar-refractivity contribution is 6.22. The maximum atomic E-state index is 13.8. The summed E-state index contributed by atoms with van der Waals surface area (Å²) in [6.07, 6.45) is 0.702. The number of aryl methyl sites for hydroxylation is 2. The highest BCUT2D eigenvalue weighted by Crippen LogP contribution is 2.50. The standard InChI is InChI=1S/C30H30N2O3/c1-19-10-13-21(14-11-19)30(5)18-29(3,4)32(25-15-12-20(2)16-24(25)30)26(33)17-31-27(34)22-8-6-7-9-23(22)28(31)35/h6-16H,17-18H2,1-5H3. The Labute approximate surface area is 206 Å². The molecule has 0 spiro atoms. The molecule has 178 valence electrons. The summed E-state index contributed by atoms with van der Waals surface area (Å²) in [6, 6.07) is 21.5. The van der Waals surface area contributed by atoms with Crippen molar-refractivity contribution in [2.45, 2.75) is 52.0 Å². The first-order valence-corrected chi connectivity index (χ1v) is 12.0. The fourth-order valence-electron chi connectivity index (χ4n) is 5.89. The highest BCUT2D eigenvalue weighted by atomic mass is 16.2. The third-order valence-electron chi connectivity index (χ3n) is 7.49. The molecule has 3 aromatic carbocycles. The van der Waals surface area contributed by atoms with Crippen molar-refractivity contribution in [3.8, 4) is 0 Å². The third kappa shape index (κ3) is 3.57. The molecule has 2 heterocycles. The van der Waals surface area contributed by atoms with Crippen LogP contribution in [0, 0.1) is 13.8 Å². The molecular weight excluding hydrogens is 436 g/mol. The van der Waals surface area contributed by atoms with E-state index in [-0.39, 0.29) is 17.9 Å². The molecule has 1 atom stereocenters. The van der Waals surface area contributed by atoms with Gasteiger partial charge in [0, 0.05) is 16.6 Å². The minimum absolute atomic E-state index is 0.263. The Kier molecular flexibility index (Phi) is 5.20. The number of imide groups is 1. The van der Waals surface area contributed by atoms with Crippen LogP contribution in [-0.2, 0) is 10.2 Å². The Hall–Kier alpha value is -3.73. The van der Waals surface area contributed by atoms with Gasteiger partial charge in [-0.05, 0) is 63.4 Å². The molecule has 0 radical (unpaired) electrons. The number of benzene rings is 3. The molecule has 0 aliphatic carbocycles. The molecule has 5 rings (SSSR count). The number of carbonyl (C=O) groups is 3. The van der Waals surface area contributed by atoms with Crippen LogP contribution in [0.2, 0.25) is 0 Å². The molecule has 35 heavy (non-hydrogen) atoms. The van der Waals surface area contributed by atoms with Crippen molar-refractivity contribution >= 4 is 23.4 Å². The van der Waals surface area contributed by atoms with Crippen molar-refractivity contribution in [3.05, 3.63) is 100 Å². The second-order valence-corrected chi connectivity index (χ2v) is 10.7. The van der Waals surface area contributed by atoms with E-state index in [9.17, 15) is 14.4 Å². The zero-order valence-electron chi connectivity index (χ0n) is 20.9. The highest BCUT2D eigenvalue weighted by Gasteiger charge is 2.48. The lowest BCUT2D eigenvalue weighted by molar-refractivity contribution is -0.120. The summed E-state index contributed by atoms with van der Waals surface area (Å²) < 4.78 is 0. The smallest absolute Gasteiger partial charge is 0.262 e. The topological polar surface area (TPSA) is 57.7 Å². The summed E-state index contributed by atoms with van der Waals surface area (Å²) in [5.74, 6) is -1.09. The molecule has 0 saturated heterocycles. The van der Waals surface area contributed by atoms with E-state index < -0.39 is 17.4 Å². The molecule has 2 aliphatic rings. The van der Waals surface area contributed by atoms with Crippen molar-refractivity contribution in [2.24, 2.45) is 0 Å². The minimum atomic E-state index is -0.544. The van der Waals surface area contributed by atoms with Crippen LogP contribution in [0.4, 0.5) is 5.69 Å². The van der Waals surface area contributed by atoms with Gasteiger partial charge in [-0.15, -0.1) is 0 Å². The first-order chi connectivity index (χ1) is 16.5. The van der Waals surface area contributed by atoms with Crippen molar-refractivity contribution in [2.75, 3.05) is 11.4 Å². The van der Waals surface area contributed by atoms with E-state index in [1.165, 1.54) is 11.1 Å². The molecule has 0 bridgehead atoms. The second kappa shape index (κ2) is 7.91. The predicted molar refractivity (Wildman–Crippen MR) is 137 cm³/mol. The summed E-state index contributed by atoms with van der Waals surface area (Å²) in [7, 11) is 0. The van der Waals surface area contributed by atoms with Gasteiger partial charge in [0.05, 0.1) is 11.1 Å². The molecular formula is C30H30N2O3. The molecule has 0 N–H and O–H groups in total. The van der Waals surface area contributed by atoms with Crippen LogP contribution in [0.3, 0.4) is 0 Å². The number of anilines is 1. The average molecular weight is 467 g/mol. The molecule has 0 aromatic heterocycles. The van der Waals surface area contributed by atoms with Gasteiger partial charge in [-0.25, -0.2) is 0 Å². The molecule has 0 saturated carbocycles. The van der Waals surface area contributed by atoms with Crippen molar-refractivity contribution < 1.29 is 14.4 Å². The summed E-state index contributed by atoms with van der Waals surface area (Å²) in [4.78, 5) is 42.6.